The lowest BCUT2D eigenvalue weighted by atomic mass is 9.95. The first-order valence-electron chi connectivity index (χ1n) is 7.62. The summed E-state index contributed by atoms with van der Waals surface area (Å²) < 4.78 is 0. The lowest BCUT2D eigenvalue weighted by Crippen LogP contribution is -2.36. The third kappa shape index (κ3) is 2.09. The Hall–Kier alpha value is -2.18. The van der Waals surface area contributed by atoms with E-state index < -0.39 is 12.0 Å². The lowest BCUT2D eigenvalue weighted by Gasteiger charge is -2.27. The zero-order chi connectivity index (χ0) is 16.0. The van der Waals surface area contributed by atoms with E-state index in [1.807, 2.05) is 54.8 Å². The second kappa shape index (κ2) is 5.47. The summed E-state index contributed by atoms with van der Waals surface area (Å²) in [5.41, 5.74) is 0.851. The van der Waals surface area contributed by atoms with Crippen LogP contribution in [0.3, 0.4) is 0 Å². The van der Waals surface area contributed by atoms with Crippen LogP contribution in [0.1, 0.15) is 17.8 Å². The molecular weight excluding hydrogens is 312 g/mol. The third-order valence-corrected chi connectivity index (χ3v) is 5.31. The maximum Gasteiger partial charge on any atom is 0.261 e. The van der Waals surface area contributed by atoms with Crippen molar-refractivity contribution in [3.05, 3.63) is 52.7 Å². The Morgan fingerprint density at radius 1 is 1.09 bits per heavy atom. The molecule has 2 amide bonds. The zero-order valence-electron chi connectivity index (χ0n) is 12.6. The number of carbonyl (C=O) groups is 2. The van der Waals surface area contributed by atoms with E-state index in [9.17, 15) is 9.59 Å². The van der Waals surface area contributed by atoms with E-state index >= 15 is 0 Å². The summed E-state index contributed by atoms with van der Waals surface area (Å²) in [7, 11) is 0. The van der Waals surface area contributed by atoms with Crippen molar-refractivity contribution in [2.24, 2.45) is 5.92 Å². The first-order chi connectivity index (χ1) is 11.2. The molecular formula is C17H16N2O3S. The highest BCUT2D eigenvalue weighted by Gasteiger charge is 2.59. The topological polar surface area (TPSA) is 49.9 Å². The number of benzene rings is 1. The average Bonchev–Trinajstić information content (AvgIpc) is 3.27. The second-order valence-corrected chi connectivity index (χ2v) is 6.57. The van der Waals surface area contributed by atoms with Crippen LogP contribution in [0, 0.1) is 5.92 Å². The van der Waals surface area contributed by atoms with Gasteiger partial charge in [-0.2, -0.15) is 0 Å². The summed E-state index contributed by atoms with van der Waals surface area (Å²) in [4.78, 5) is 33.5. The number of thiophene rings is 1. The Morgan fingerprint density at radius 3 is 2.52 bits per heavy atom. The van der Waals surface area contributed by atoms with Gasteiger partial charge in [-0.15, -0.1) is 11.3 Å². The molecule has 2 aliphatic heterocycles. The predicted molar refractivity (Wildman–Crippen MR) is 86.7 cm³/mol. The van der Waals surface area contributed by atoms with Crippen molar-refractivity contribution in [3.8, 4) is 0 Å². The highest BCUT2D eigenvalue weighted by Crippen LogP contribution is 2.47. The van der Waals surface area contributed by atoms with Crippen LogP contribution in [0.4, 0.5) is 5.69 Å². The normalized spacial score (nSPS) is 26.9. The van der Waals surface area contributed by atoms with E-state index in [0.29, 0.717) is 6.54 Å². The Morgan fingerprint density at radius 2 is 1.87 bits per heavy atom. The predicted octanol–water partition coefficient (Wildman–Crippen LogP) is 2.61. The molecule has 2 aromatic rings. The molecule has 2 aliphatic rings. The molecule has 0 aliphatic carbocycles. The van der Waals surface area contributed by atoms with E-state index in [2.05, 4.69) is 0 Å². The van der Waals surface area contributed by atoms with Gasteiger partial charge in [-0.25, -0.2) is 5.06 Å². The van der Waals surface area contributed by atoms with E-state index in [4.69, 9.17) is 4.84 Å². The van der Waals surface area contributed by atoms with Gasteiger partial charge in [-0.3, -0.25) is 19.3 Å². The van der Waals surface area contributed by atoms with Crippen molar-refractivity contribution in [3.63, 3.8) is 0 Å². The number of anilines is 1. The van der Waals surface area contributed by atoms with E-state index in [-0.39, 0.29) is 17.9 Å². The van der Waals surface area contributed by atoms with Gasteiger partial charge in [0.15, 0.2) is 6.10 Å². The molecule has 0 N–H and O–H groups in total. The van der Waals surface area contributed by atoms with Crippen LogP contribution in [-0.4, -0.2) is 29.4 Å². The van der Waals surface area contributed by atoms with Gasteiger partial charge in [-0.05, 0) is 30.5 Å². The third-order valence-electron chi connectivity index (χ3n) is 4.37. The lowest BCUT2D eigenvalue weighted by molar-refractivity contribution is -0.142. The van der Waals surface area contributed by atoms with Gasteiger partial charge < -0.3 is 0 Å². The second-order valence-electron chi connectivity index (χ2n) is 5.59. The zero-order valence-corrected chi connectivity index (χ0v) is 13.4. The molecule has 0 radical (unpaired) electrons. The van der Waals surface area contributed by atoms with E-state index in [0.717, 1.165) is 10.6 Å². The molecule has 1 aromatic heterocycles. The first-order valence-corrected chi connectivity index (χ1v) is 8.50. The van der Waals surface area contributed by atoms with Gasteiger partial charge in [0.25, 0.3) is 5.91 Å². The summed E-state index contributed by atoms with van der Waals surface area (Å²) in [6.07, 6.45) is -0.727. The summed E-state index contributed by atoms with van der Waals surface area (Å²) in [6, 6.07) is 13.3. The number of carbonyl (C=O) groups excluding carboxylic acids is 2. The molecule has 2 fully saturated rings. The fraction of sp³-hybridized carbons (Fsp3) is 0.294. The quantitative estimate of drug-likeness (QED) is 0.813. The Labute approximate surface area is 138 Å². The number of fused-ring (bicyclic) bond motifs is 1. The fourth-order valence-corrected chi connectivity index (χ4v) is 4.18. The highest BCUT2D eigenvalue weighted by molar-refractivity contribution is 7.10. The Bertz CT molecular complexity index is 732. The van der Waals surface area contributed by atoms with Crippen molar-refractivity contribution < 1.29 is 14.4 Å². The van der Waals surface area contributed by atoms with Gasteiger partial charge in [0, 0.05) is 11.4 Å². The van der Waals surface area contributed by atoms with E-state index in [1.54, 1.807) is 16.4 Å². The minimum atomic E-state index is -0.727. The molecule has 2 saturated heterocycles. The maximum atomic E-state index is 12.7. The van der Waals surface area contributed by atoms with Gasteiger partial charge in [0.1, 0.15) is 12.0 Å². The summed E-state index contributed by atoms with van der Waals surface area (Å²) in [6.45, 7) is 2.20. The number of amides is 2. The minimum Gasteiger partial charge on any atom is -0.280 e. The SMILES string of the molecule is CCN1C(=O)[C@H]2[C@H](ON(c3ccccc3)[C@@H]2c2cccs2)C1=O. The van der Waals surface area contributed by atoms with Gasteiger partial charge in [-0.1, -0.05) is 24.3 Å². The van der Waals surface area contributed by atoms with Crippen LogP contribution < -0.4 is 5.06 Å². The average molecular weight is 328 g/mol. The minimum absolute atomic E-state index is 0.140. The van der Waals surface area contributed by atoms with E-state index in [1.165, 1.54) is 4.90 Å². The molecule has 0 unspecified atom stereocenters. The number of hydrogen-bond donors (Lipinski definition) is 0. The van der Waals surface area contributed by atoms with Crippen molar-refractivity contribution in [2.45, 2.75) is 19.1 Å². The molecule has 3 heterocycles. The van der Waals surface area contributed by atoms with Crippen LogP contribution in [0.15, 0.2) is 47.8 Å². The van der Waals surface area contributed by atoms with Crippen molar-refractivity contribution in [1.29, 1.82) is 0 Å². The standard InChI is InChI=1S/C17H16N2O3S/c1-2-18-16(20)13-14(12-9-6-10-23-12)19(22-15(13)17(18)21)11-7-4-3-5-8-11/h3-10,13-15H,2H2,1H3/t13-,14-,15+/m1/s1. The summed E-state index contributed by atoms with van der Waals surface area (Å²) in [5, 5.41) is 3.70. The van der Waals surface area contributed by atoms with Crippen molar-refractivity contribution in [1.82, 2.24) is 4.90 Å². The molecule has 4 rings (SSSR count). The number of likely N-dealkylation sites (tertiary alicyclic amines) is 1. The number of likely N-dealkylation sites (N-methyl/N-ethyl adjacent to an activating group) is 1. The van der Waals surface area contributed by atoms with Crippen molar-refractivity contribution >= 4 is 28.8 Å². The van der Waals surface area contributed by atoms with Crippen LogP contribution in [0.5, 0.6) is 0 Å². The molecule has 5 nitrogen and oxygen atoms in total. The fourth-order valence-electron chi connectivity index (χ4n) is 3.33. The monoisotopic (exact) mass is 328 g/mol. The number of hydroxylamine groups is 1. The van der Waals surface area contributed by atoms with Crippen molar-refractivity contribution in [2.75, 3.05) is 11.6 Å². The van der Waals surface area contributed by atoms with Crippen LogP contribution >= 0.6 is 11.3 Å². The molecule has 0 saturated carbocycles. The van der Waals surface area contributed by atoms with Crippen LogP contribution in [0.2, 0.25) is 0 Å². The Kier molecular flexibility index (Phi) is 3.43. The Balaban J connectivity index is 1.79. The summed E-state index contributed by atoms with van der Waals surface area (Å²) in [5.74, 6) is -0.858. The molecule has 0 bridgehead atoms. The van der Waals surface area contributed by atoms with Crippen LogP contribution in [-0.2, 0) is 14.4 Å². The summed E-state index contributed by atoms with van der Waals surface area (Å²) >= 11 is 1.58. The van der Waals surface area contributed by atoms with Gasteiger partial charge >= 0.3 is 0 Å². The van der Waals surface area contributed by atoms with Crippen LogP contribution in [0.25, 0.3) is 0 Å². The molecule has 0 spiro atoms. The number of hydrogen-bond acceptors (Lipinski definition) is 5. The molecule has 23 heavy (non-hydrogen) atoms. The smallest absolute Gasteiger partial charge is 0.261 e. The first kappa shape index (κ1) is 14.4. The molecule has 6 heteroatoms. The number of rotatable bonds is 3. The number of nitrogens with zero attached hydrogens (tertiary/aromatic N) is 2. The number of para-hydroxylation sites is 1. The maximum absolute atomic E-state index is 12.7. The molecule has 1 aromatic carbocycles. The largest absolute Gasteiger partial charge is 0.280 e. The van der Waals surface area contributed by atoms with Gasteiger partial charge in [0.05, 0.1) is 5.69 Å². The highest BCUT2D eigenvalue weighted by atomic mass is 32.1. The molecule has 3 atom stereocenters. The number of imide groups is 1. The molecule has 118 valence electrons. The van der Waals surface area contributed by atoms with Gasteiger partial charge in [0.2, 0.25) is 5.91 Å².